The van der Waals surface area contributed by atoms with Gasteiger partial charge in [0.1, 0.15) is 17.5 Å². The van der Waals surface area contributed by atoms with Crippen LogP contribution < -0.4 is 0 Å². The van der Waals surface area contributed by atoms with E-state index in [0.29, 0.717) is 11.8 Å². The van der Waals surface area contributed by atoms with Gasteiger partial charge in [-0.2, -0.15) is 0 Å². The summed E-state index contributed by atoms with van der Waals surface area (Å²) in [7, 11) is 0. The van der Waals surface area contributed by atoms with Crippen molar-refractivity contribution in [1.82, 2.24) is 0 Å². The number of benzene rings is 8. The van der Waals surface area contributed by atoms with Crippen LogP contribution in [0.1, 0.15) is 60.4 Å². The summed E-state index contributed by atoms with van der Waals surface area (Å²) in [5, 5.41) is 9.54. The molecule has 0 saturated carbocycles. The lowest BCUT2D eigenvalue weighted by molar-refractivity contribution is 0.162. The van der Waals surface area contributed by atoms with Crippen molar-refractivity contribution in [3.05, 3.63) is 192 Å². The summed E-state index contributed by atoms with van der Waals surface area (Å²) in [6, 6.07) is 59.9. The number of rotatable bonds is 6. The molecule has 0 aliphatic carbocycles. The predicted octanol–water partition coefficient (Wildman–Crippen LogP) is 12.4. The van der Waals surface area contributed by atoms with E-state index in [2.05, 4.69) is 184 Å². The summed E-state index contributed by atoms with van der Waals surface area (Å²) in [5.41, 5.74) is 3.67. The van der Waals surface area contributed by atoms with Crippen LogP contribution in [0.15, 0.2) is 180 Å². The maximum atomic E-state index is 7.04. The molecule has 0 saturated heterocycles. The Hall–Kier alpha value is -6.26. The molecule has 53 heavy (non-hydrogen) atoms. The van der Waals surface area contributed by atoms with E-state index in [0.717, 1.165) is 22.3 Å². The standard InChI is InChI=1S/C49H38N2O2/c1-49(2,47-50-43(39-23-19-31-11-3-7-15-35(31)27-39)45(52-47)41-25-21-33-13-5-9-17-37(33)29-41)48-51-44(40-24-20-32-12-4-8-16-36(32)28-40)46(53-48)42-26-22-34-14-6-10-18-38(34)30-42/h3-30,43-46H,1-2H3/t43-,44-,45+,46+/m0/s1. The Balaban J connectivity index is 1.07. The molecule has 0 fully saturated rings. The van der Waals surface area contributed by atoms with E-state index in [9.17, 15) is 0 Å². The first-order valence-electron chi connectivity index (χ1n) is 18.4. The molecule has 4 nitrogen and oxygen atoms in total. The normalized spacial score (nSPS) is 20.0. The van der Waals surface area contributed by atoms with Crippen LogP contribution >= 0.6 is 0 Å². The van der Waals surface area contributed by atoms with Crippen LogP contribution in [-0.4, -0.2) is 11.8 Å². The molecule has 0 amide bonds. The molecule has 0 bridgehead atoms. The van der Waals surface area contributed by atoms with E-state index in [1.807, 2.05) is 0 Å². The van der Waals surface area contributed by atoms with Gasteiger partial charge in [-0.25, -0.2) is 9.98 Å². The Kier molecular flexibility index (Phi) is 7.40. The van der Waals surface area contributed by atoms with E-state index in [1.165, 1.54) is 43.1 Å². The highest BCUT2D eigenvalue weighted by Gasteiger charge is 2.48. The summed E-state index contributed by atoms with van der Waals surface area (Å²) in [6.07, 6.45) is -0.630. The van der Waals surface area contributed by atoms with Gasteiger partial charge in [-0.15, -0.1) is 0 Å². The summed E-state index contributed by atoms with van der Waals surface area (Å²) in [4.78, 5) is 10.9. The monoisotopic (exact) mass is 686 g/mol. The molecular formula is C49H38N2O2. The zero-order valence-electron chi connectivity index (χ0n) is 29.7. The van der Waals surface area contributed by atoms with Crippen molar-refractivity contribution in [1.29, 1.82) is 0 Å². The molecule has 8 aromatic carbocycles. The Morgan fingerprint density at radius 3 is 0.981 bits per heavy atom. The molecule has 0 spiro atoms. The summed E-state index contributed by atoms with van der Waals surface area (Å²) in [5.74, 6) is 1.26. The number of nitrogens with zero attached hydrogens (tertiary/aromatic N) is 2. The van der Waals surface area contributed by atoms with E-state index in [-0.39, 0.29) is 24.3 Å². The Morgan fingerprint density at radius 2 is 0.642 bits per heavy atom. The SMILES string of the molecule is CC(C)(C1=N[C@@H](c2ccc3ccccc3c2)[C@@H](c2ccc3ccccc3c2)O1)C1=N[C@@H](c2ccc3ccccc3c2)[C@@H](c2ccc3ccccc3c2)O1. The zero-order chi connectivity index (χ0) is 35.5. The van der Waals surface area contributed by atoms with Gasteiger partial charge in [0.05, 0.1) is 0 Å². The average Bonchev–Trinajstić information content (AvgIpc) is 3.88. The lowest BCUT2D eigenvalue weighted by Crippen LogP contribution is -2.34. The molecule has 256 valence electrons. The highest BCUT2D eigenvalue weighted by Crippen LogP contribution is 2.49. The van der Waals surface area contributed by atoms with Gasteiger partial charge in [0.15, 0.2) is 24.0 Å². The summed E-state index contributed by atoms with van der Waals surface area (Å²) < 4.78 is 14.1. The Labute approximate surface area is 309 Å². The van der Waals surface area contributed by atoms with Gasteiger partial charge >= 0.3 is 0 Å². The minimum atomic E-state index is -0.749. The molecule has 2 aliphatic rings. The van der Waals surface area contributed by atoms with Crippen LogP contribution in [0.5, 0.6) is 0 Å². The number of hydrogen-bond acceptors (Lipinski definition) is 4. The molecule has 0 unspecified atom stereocenters. The molecule has 8 aromatic rings. The van der Waals surface area contributed by atoms with Crippen LogP contribution in [0.25, 0.3) is 43.1 Å². The number of aliphatic imine (C=N–C) groups is 2. The fraction of sp³-hybridized carbons (Fsp3) is 0.143. The van der Waals surface area contributed by atoms with E-state index in [1.54, 1.807) is 0 Å². The van der Waals surface area contributed by atoms with Gasteiger partial charge in [-0.1, -0.05) is 146 Å². The maximum absolute atomic E-state index is 7.04. The average molecular weight is 687 g/mol. The van der Waals surface area contributed by atoms with Crippen LogP contribution in [0.4, 0.5) is 0 Å². The van der Waals surface area contributed by atoms with Crippen molar-refractivity contribution >= 4 is 54.9 Å². The van der Waals surface area contributed by atoms with Crippen molar-refractivity contribution in [3.8, 4) is 0 Å². The molecule has 4 heteroatoms. The van der Waals surface area contributed by atoms with E-state index < -0.39 is 5.41 Å². The van der Waals surface area contributed by atoms with Gasteiger partial charge in [-0.3, -0.25) is 0 Å². The highest BCUT2D eigenvalue weighted by atomic mass is 16.5. The van der Waals surface area contributed by atoms with Gasteiger partial charge in [0.2, 0.25) is 0 Å². The van der Waals surface area contributed by atoms with Crippen molar-refractivity contribution in [3.63, 3.8) is 0 Å². The molecule has 4 atom stereocenters. The van der Waals surface area contributed by atoms with Crippen LogP contribution in [0.3, 0.4) is 0 Å². The van der Waals surface area contributed by atoms with Gasteiger partial charge in [0.25, 0.3) is 0 Å². The van der Waals surface area contributed by atoms with Crippen molar-refractivity contribution in [2.45, 2.75) is 38.1 Å². The molecule has 10 rings (SSSR count). The predicted molar refractivity (Wildman–Crippen MR) is 218 cm³/mol. The molecular weight excluding hydrogens is 649 g/mol. The third kappa shape index (κ3) is 5.53. The molecule has 2 heterocycles. The second kappa shape index (κ2) is 12.5. The van der Waals surface area contributed by atoms with Gasteiger partial charge < -0.3 is 9.47 Å². The van der Waals surface area contributed by atoms with Crippen molar-refractivity contribution in [2.24, 2.45) is 15.4 Å². The zero-order valence-corrected chi connectivity index (χ0v) is 29.7. The topological polar surface area (TPSA) is 43.2 Å². The number of hydrogen-bond donors (Lipinski definition) is 0. The molecule has 0 aromatic heterocycles. The number of ether oxygens (including phenoxy) is 2. The fourth-order valence-electron chi connectivity index (χ4n) is 8.08. The third-order valence-electron chi connectivity index (χ3n) is 11.1. The van der Waals surface area contributed by atoms with Crippen LogP contribution in [-0.2, 0) is 9.47 Å². The second-order valence-electron chi connectivity index (χ2n) is 14.9. The maximum Gasteiger partial charge on any atom is 0.200 e. The molecule has 0 N–H and O–H groups in total. The largest absolute Gasteiger partial charge is 0.469 e. The minimum Gasteiger partial charge on any atom is -0.469 e. The first-order valence-corrected chi connectivity index (χ1v) is 18.4. The minimum absolute atomic E-state index is 0.246. The Morgan fingerprint density at radius 1 is 0.358 bits per heavy atom. The van der Waals surface area contributed by atoms with Crippen molar-refractivity contribution in [2.75, 3.05) is 0 Å². The van der Waals surface area contributed by atoms with E-state index >= 15 is 0 Å². The summed E-state index contributed by atoms with van der Waals surface area (Å²) >= 11 is 0. The second-order valence-corrected chi connectivity index (χ2v) is 14.9. The van der Waals surface area contributed by atoms with Gasteiger partial charge in [-0.05, 0) is 103 Å². The number of fused-ring (bicyclic) bond motifs is 4. The fourth-order valence-corrected chi connectivity index (χ4v) is 8.08. The lowest BCUT2D eigenvalue weighted by atomic mass is 9.92. The highest BCUT2D eigenvalue weighted by molar-refractivity contribution is 6.06. The molecule has 0 radical (unpaired) electrons. The van der Waals surface area contributed by atoms with Crippen molar-refractivity contribution < 1.29 is 9.47 Å². The third-order valence-corrected chi connectivity index (χ3v) is 11.1. The van der Waals surface area contributed by atoms with Crippen LogP contribution in [0.2, 0.25) is 0 Å². The first kappa shape index (κ1) is 31.5. The quantitative estimate of drug-likeness (QED) is 0.175. The molecule has 2 aliphatic heterocycles. The van der Waals surface area contributed by atoms with E-state index in [4.69, 9.17) is 19.5 Å². The first-order chi connectivity index (χ1) is 26.0. The smallest absolute Gasteiger partial charge is 0.200 e. The van der Waals surface area contributed by atoms with Gasteiger partial charge in [0, 0.05) is 0 Å². The Bertz CT molecular complexity index is 2570. The lowest BCUT2D eigenvalue weighted by Gasteiger charge is -2.26. The van der Waals surface area contributed by atoms with Crippen LogP contribution in [0, 0.1) is 5.41 Å². The summed E-state index contributed by atoms with van der Waals surface area (Å²) in [6.45, 7) is 4.26.